The Balaban J connectivity index is 0.00000261. The molecule has 8 heteroatoms. The Bertz CT molecular complexity index is 847. The van der Waals surface area contributed by atoms with Gasteiger partial charge in [-0.1, -0.05) is 38.1 Å². The highest BCUT2D eigenvalue weighted by atomic mass is 35.5. The molecule has 142 valence electrons. The van der Waals surface area contributed by atoms with Crippen LogP contribution in [0.4, 0.5) is 0 Å². The lowest BCUT2D eigenvalue weighted by atomic mass is 9.99. The van der Waals surface area contributed by atoms with E-state index in [1.54, 1.807) is 24.3 Å². The number of hydrogen-bond acceptors (Lipinski definition) is 5. The molecule has 3 rings (SSSR count). The molecule has 1 unspecified atom stereocenters. The number of halogens is 1. The number of aromatic nitrogens is 4. The zero-order valence-electron chi connectivity index (χ0n) is 15.2. The van der Waals surface area contributed by atoms with Crippen LogP contribution in [0, 0.1) is 0 Å². The number of amides is 1. The highest BCUT2D eigenvalue weighted by molar-refractivity contribution is 5.94. The molecule has 3 N–H and O–H groups in total. The summed E-state index contributed by atoms with van der Waals surface area (Å²) in [4.78, 5) is 12.3. The molecule has 0 saturated heterocycles. The van der Waals surface area contributed by atoms with E-state index in [0.717, 1.165) is 11.3 Å². The van der Waals surface area contributed by atoms with Gasteiger partial charge in [0.1, 0.15) is 6.33 Å². The van der Waals surface area contributed by atoms with Crippen LogP contribution in [0.3, 0.4) is 0 Å². The van der Waals surface area contributed by atoms with Gasteiger partial charge in [-0.3, -0.25) is 4.79 Å². The number of benzene rings is 2. The molecule has 0 fully saturated rings. The van der Waals surface area contributed by atoms with Gasteiger partial charge < -0.3 is 11.1 Å². The van der Waals surface area contributed by atoms with Gasteiger partial charge in [0.15, 0.2) is 0 Å². The number of nitrogens with two attached hydrogens (primary N) is 1. The summed E-state index contributed by atoms with van der Waals surface area (Å²) in [5.74, 6) is 0.318. The summed E-state index contributed by atoms with van der Waals surface area (Å²) in [6.07, 6.45) is 1.50. The van der Waals surface area contributed by atoms with Crippen LogP contribution in [0.25, 0.3) is 5.69 Å². The Kier molecular flexibility index (Phi) is 7.04. The van der Waals surface area contributed by atoms with Crippen LogP contribution < -0.4 is 11.1 Å². The first-order valence-corrected chi connectivity index (χ1v) is 8.51. The van der Waals surface area contributed by atoms with Crippen LogP contribution in [0.5, 0.6) is 0 Å². The van der Waals surface area contributed by atoms with Crippen molar-refractivity contribution >= 4 is 18.3 Å². The summed E-state index contributed by atoms with van der Waals surface area (Å²) >= 11 is 0. The highest BCUT2D eigenvalue weighted by Crippen LogP contribution is 2.17. The fraction of sp³-hybridized carbons (Fsp3) is 0.263. The summed E-state index contributed by atoms with van der Waals surface area (Å²) in [6.45, 7) is 4.67. The van der Waals surface area contributed by atoms with Crippen molar-refractivity contribution in [2.24, 2.45) is 5.73 Å². The zero-order valence-corrected chi connectivity index (χ0v) is 16.1. The van der Waals surface area contributed by atoms with E-state index in [2.05, 4.69) is 46.8 Å². The molecule has 27 heavy (non-hydrogen) atoms. The van der Waals surface area contributed by atoms with E-state index in [1.165, 1.54) is 16.6 Å². The van der Waals surface area contributed by atoms with Crippen molar-refractivity contribution in [1.82, 2.24) is 25.5 Å². The average molecular weight is 387 g/mol. The molecule has 0 aliphatic carbocycles. The molecule has 0 aliphatic heterocycles. The molecule has 1 heterocycles. The average Bonchev–Trinajstić information content (AvgIpc) is 3.21. The second-order valence-electron chi connectivity index (χ2n) is 6.44. The van der Waals surface area contributed by atoms with E-state index in [9.17, 15) is 4.79 Å². The minimum Gasteiger partial charge on any atom is -0.350 e. The number of carbonyl (C=O) groups is 1. The quantitative estimate of drug-likeness (QED) is 0.678. The van der Waals surface area contributed by atoms with Gasteiger partial charge in [-0.25, -0.2) is 4.68 Å². The lowest BCUT2D eigenvalue weighted by molar-refractivity contribution is 0.0951. The molecule has 7 nitrogen and oxygen atoms in total. The maximum absolute atomic E-state index is 12.3. The molecule has 0 aliphatic rings. The van der Waals surface area contributed by atoms with E-state index >= 15 is 0 Å². The molecule has 0 bridgehead atoms. The van der Waals surface area contributed by atoms with Crippen molar-refractivity contribution in [3.05, 3.63) is 71.5 Å². The van der Waals surface area contributed by atoms with Crippen molar-refractivity contribution in [3.8, 4) is 5.69 Å². The molecule has 2 aromatic carbocycles. The molecular formula is C19H23ClN6O. The fourth-order valence-corrected chi connectivity index (χ4v) is 2.60. The van der Waals surface area contributed by atoms with Crippen LogP contribution in [-0.4, -0.2) is 32.7 Å². The summed E-state index contributed by atoms with van der Waals surface area (Å²) in [7, 11) is 0. The monoisotopic (exact) mass is 386 g/mol. The Morgan fingerprint density at radius 1 is 1.07 bits per heavy atom. The number of nitrogens with one attached hydrogen (secondary N) is 1. The maximum Gasteiger partial charge on any atom is 0.251 e. The first-order chi connectivity index (χ1) is 12.5. The van der Waals surface area contributed by atoms with Gasteiger partial charge in [0.05, 0.1) is 5.69 Å². The SMILES string of the molecule is CC(C)c1ccc(C(N)CNC(=O)c2ccc(-n3cnnn3)cc2)cc1.Cl. The van der Waals surface area contributed by atoms with E-state index in [-0.39, 0.29) is 24.4 Å². The summed E-state index contributed by atoms with van der Waals surface area (Å²) < 4.78 is 1.53. The van der Waals surface area contributed by atoms with Crippen LogP contribution in [-0.2, 0) is 0 Å². The van der Waals surface area contributed by atoms with E-state index in [4.69, 9.17) is 5.73 Å². The maximum atomic E-state index is 12.3. The number of rotatable bonds is 6. The fourth-order valence-electron chi connectivity index (χ4n) is 2.60. The van der Waals surface area contributed by atoms with Crippen LogP contribution in [0.2, 0.25) is 0 Å². The van der Waals surface area contributed by atoms with Crippen molar-refractivity contribution in [3.63, 3.8) is 0 Å². The van der Waals surface area contributed by atoms with Crippen molar-refractivity contribution in [2.45, 2.75) is 25.8 Å². The Hall–Kier alpha value is -2.77. The smallest absolute Gasteiger partial charge is 0.251 e. The van der Waals surface area contributed by atoms with Crippen LogP contribution in [0.15, 0.2) is 54.9 Å². The molecule has 1 atom stereocenters. The predicted octanol–water partition coefficient (Wildman–Crippen LogP) is 2.64. The Labute approximate surface area is 164 Å². The third-order valence-electron chi connectivity index (χ3n) is 4.26. The van der Waals surface area contributed by atoms with Gasteiger partial charge >= 0.3 is 0 Å². The van der Waals surface area contributed by atoms with E-state index in [1.807, 2.05) is 12.1 Å². The third kappa shape index (κ3) is 5.12. The lowest BCUT2D eigenvalue weighted by Crippen LogP contribution is -2.31. The van der Waals surface area contributed by atoms with Crippen molar-refractivity contribution < 1.29 is 4.79 Å². The standard InChI is InChI=1S/C19H22N6O.ClH/c1-13(2)14-3-5-15(6-4-14)18(20)11-21-19(26)16-7-9-17(10-8-16)25-12-22-23-24-25;/h3-10,12-13,18H,11,20H2,1-2H3,(H,21,26);1H. The minimum absolute atomic E-state index is 0. The molecule has 0 saturated carbocycles. The van der Waals surface area contributed by atoms with Crippen LogP contribution >= 0.6 is 12.4 Å². The van der Waals surface area contributed by atoms with Gasteiger partial charge in [0.25, 0.3) is 5.91 Å². The lowest BCUT2D eigenvalue weighted by Gasteiger charge is -2.15. The number of tetrazole rings is 1. The van der Waals surface area contributed by atoms with Gasteiger partial charge in [-0.05, 0) is 51.7 Å². The largest absolute Gasteiger partial charge is 0.350 e. The molecular weight excluding hydrogens is 364 g/mol. The summed E-state index contributed by atoms with van der Waals surface area (Å²) in [5.41, 5.74) is 9.82. The molecule has 1 aromatic heterocycles. The van der Waals surface area contributed by atoms with Gasteiger partial charge in [-0.15, -0.1) is 17.5 Å². The molecule has 1 amide bonds. The van der Waals surface area contributed by atoms with Gasteiger partial charge in [0, 0.05) is 18.2 Å². The minimum atomic E-state index is -0.249. The zero-order chi connectivity index (χ0) is 18.5. The Morgan fingerprint density at radius 3 is 2.26 bits per heavy atom. The van der Waals surface area contributed by atoms with Gasteiger partial charge in [0.2, 0.25) is 0 Å². The van der Waals surface area contributed by atoms with E-state index in [0.29, 0.717) is 18.0 Å². The highest BCUT2D eigenvalue weighted by Gasteiger charge is 2.11. The normalized spacial score (nSPS) is 11.7. The second kappa shape index (κ2) is 9.25. The third-order valence-corrected chi connectivity index (χ3v) is 4.26. The number of nitrogens with zero attached hydrogens (tertiary/aromatic N) is 4. The van der Waals surface area contributed by atoms with Crippen molar-refractivity contribution in [1.29, 1.82) is 0 Å². The summed E-state index contributed by atoms with van der Waals surface area (Å²) in [6, 6.07) is 15.0. The predicted molar refractivity (Wildman–Crippen MR) is 106 cm³/mol. The second-order valence-corrected chi connectivity index (χ2v) is 6.44. The van der Waals surface area contributed by atoms with Crippen molar-refractivity contribution in [2.75, 3.05) is 6.54 Å². The van der Waals surface area contributed by atoms with Crippen LogP contribution in [0.1, 0.15) is 47.3 Å². The number of hydrogen-bond donors (Lipinski definition) is 2. The summed E-state index contributed by atoms with van der Waals surface area (Å²) in [5, 5.41) is 13.9. The van der Waals surface area contributed by atoms with E-state index < -0.39 is 0 Å². The first-order valence-electron chi connectivity index (χ1n) is 8.51. The first kappa shape index (κ1) is 20.5. The topological polar surface area (TPSA) is 98.7 Å². The molecule has 0 spiro atoms. The molecule has 3 aromatic rings. The number of carbonyl (C=O) groups excluding carboxylic acids is 1. The van der Waals surface area contributed by atoms with Gasteiger partial charge in [-0.2, -0.15) is 0 Å². The molecule has 0 radical (unpaired) electrons. The Morgan fingerprint density at radius 2 is 1.70 bits per heavy atom.